The Kier molecular flexibility index (Phi) is 6.70. The molecule has 1 aromatic rings. The number of nitro benzene ring substituents is 1. The number of hydrogen-bond donors (Lipinski definition) is 1. The smallest absolute Gasteiger partial charge is 0.276 e. The predicted molar refractivity (Wildman–Crippen MR) is 91.3 cm³/mol. The van der Waals surface area contributed by atoms with Crippen molar-refractivity contribution >= 4 is 11.8 Å². The van der Waals surface area contributed by atoms with Gasteiger partial charge in [-0.25, -0.2) is 0 Å². The lowest BCUT2D eigenvalue weighted by atomic mass is 10.1. The minimum atomic E-state index is -0.349. The van der Waals surface area contributed by atoms with Gasteiger partial charge in [-0.05, 0) is 12.5 Å². The van der Waals surface area contributed by atoms with E-state index in [0.29, 0.717) is 5.56 Å². The van der Waals surface area contributed by atoms with E-state index < -0.39 is 0 Å². The quantitative estimate of drug-likeness (QED) is 0.615. The summed E-state index contributed by atoms with van der Waals surface area (Å²) in [6.07, 6.45) is 4.78. The summed E-state index contributed by atoms with van der Waals surface area (Å²) in [6, 6.07) is 7.04. The van der Waals surface area contributed by atoms with Crippen molar-refractivity contribution in [2.24, 2.45) is 0 Å². The summed E-state index contributed by atoms with van der Waals surface area (Å²) in [5.41, 5.74) is 0.782. The molecule has 0 aliphatic carbocycles. The number of piperazine rings is 1. The molecular weight excluding hydrogens is 294 g/mol. The molecule has 0 bridgehead atoms. The molecule has 1 saturated heterocycles. The number of nitrogens with zero attached hydrogens (tertiary/aromatic N) is 3. The third kappa shape index (κ3) is 4.86. The van der Waals surface area contributed by atoms with E-state index in [1.54, 1.807) is 12.1 Å². The molecule has 1 unspecified atom stereocenters. The number of aliphatic hydroxyl groups excluding tert-OH is 1. The Morgan fingerprint density at radius 1 is 1.30 bits per heavy atom. The van der Waals surface area contributed by atoms with Crippen LogP contribution in [-0.4, -0.2) is 65.2 Å². The maximum atomic E-state index is 11.0. The molecule has 23 heavy (non-hydrogen) atoms. The van der Waals surface area contributed by atoms with E-state index in [9.17, 15) is 15.2 Å². The molecule has 6 nitrogen and oxygen atoms in total. The van der Waals surface area contributed by atoms with Crippen LogP contribution < -0.4 is 0 Å². The zero-order valence-corrected chi connectivity index (χ0v) is 13.6. The average Bonchev–Trinajstić information content (AvgIpc) is 2.57. The Bertz CT molecular complexity index is 536. The number of hydrogen-bond acceptors (Lipinski definition) is 5. The zero-order valence-electron chi connectivity index (χ0n) is 13.6. The molecule has 0 aromatic heterocycles. The van der Waals surface area contributed by atoms with Crippen LogP contribution in [-0.2, 0) is 0 Å². The van der Waals surface area contributed by atoms with Crippen molar-refractivity contribution in [2.75, 3.05) is 39.3 Å². The number of nitro groups is 1. The van der Waals surface area contributed by atoms with E-state index in [-0.39, 0.29) is 23.3 Å². The zero-order chi connectivity index (χ0) is 16.7. The number of rotatable bonds is 7. The standard InChI is InChI=1S/C17H25N3O3/c1-2-16(14-21)19-12-10-18(11-13-19)9-5-7-15-6-3-4-8-17(15)20(22)23/h3-8,16,21H,2,9-14H2,1H3/b7-5+. The highest BCUT2D eigenvalue weighted by Crippen LogP contribution is 2.19. The number of benzene rings is 1. The Hall–Kier alpha value is -1.76. The summed E-state index contributed by atoms with van der Waals surface area (Å²) < 4.78 is 0. The highest BCUT2D eigenvalue weighted by atomic mass is 16.6. The third-order valence-electron chi connectivity index (χ3n) is 4.40. The molecule has 1 N–H and O–H groups in total. The maximum Gasteiger partial charge on any atom is 0.276 e. The van der Waals surface area contributed by atoms with Gasteiger partial charge in [-0.1, -0.05) is 31.2 Å². The summed E-state index contributed by atoms with van der Waals surface area (Å²) in [5, 5.41) is 20.3. The average molecular weight is 319 g/mol. The van der Waals surface area contributed by atoms with Crippen LogP contribution >= 0.6 is 0 Å². The Morgan fingerprint density at radius 2 is 2.00 bits per heavy atom. The molecule has 1 aromatic carbocycles. The van der Waals surface area contributed by atoms with Crippen LogP contribution in [0, 0.1) is 10.1 Å². The molecule has 1 heterocycles. The summed E-state index contributed by atoms with van der Waals surface area (Å²) in [5.74, 6) is 0. The van der Waals surface area contributed by atoms with Gasteiger partial charge in [0.2, 0.25) is 0 Å². The second-order valence-corrected chi connectivity index (χ2v) is 5.80. The lowest BCUT2D eigenvalue weighted by Crippen LogP contribution is -2.51. The lowest BCUT2D eigenvalue weighted by Gasteiger charge is -2.38. The molecular formula is C17H25N3O3. The molecule has 126 valence electrons. The van der Waals surface area contributed by atoms with Gasteiger partial charge in [0.25, 0.3) is 5.69 Å². The molecule has 6 heteroatoms. The minimum Gasteiger partial charge on any atom is -0.395 e. The van der Waals surface area contributed by atoms with Crippen LogP contribution in [0.15, 0.2) is 30.3 Å². The first kappa shape index (κ1) is 17.6. The van der Waals surface area contributed by atoms with Gasteiger partial charge in [0.1, 0.15) is 0 Å². The fraction of sp³-hybridized carbons (Fsp3) is 0.529. The Labute approximate surface area is 137 Å². The van der Waals surface area contributed by atoms with E-state index in [1.807, 2.05) is 18.2 Å². The monoisotopic (exact) mass is 319 g/mol. The Balaban J connectivity index is 1.85. The number of para-hydroxylation sites is 1. The SMILES string of the molecule is CCC(CO)N1CCN(C/C=C/c2ccccc2[N+](=O)[O-])CC1. The van der Waals surface area contributed by atoms with Gasteiger partial charge in [0, 0.05) is 44.8 Å². The van der Waals surface area contributed by atoms with Crippen molar-refractivity contribution < 1.29 is 10.0 Å². The van der Waals surface area contributed by atoms with E-state index in [2.05, 4.69) is 16.7 Å². The first-order chi connectivity index (χ1) is 11.2. The van der Waals surface area contributed by atoms with E-state index in [4.69, 9.17) is 0 Å². The van der Waals surface area contributed by atoms with E-state index in [0.717, 1.165) is 39.1 Å². The van der Waals surface area contributed by atoms with Gasteiger partial charge < -0.3 is 5.11 Å². The second-order valence-electron chi connectivity index (χ2n) is 5.80. The van der Waals surface area contributed by atoms with E-state index >= 15 is 0 Å². The second kappa shape index (κ2) is 8.76. The van der Waals surface area contributed by atoms with Crippen LogP contribution in [0.25, 0.3) is 6.08 Å². The van der Waals surface area contributed by atoms with Crippen LogP contribution in [0.5, 0.6) is 0 Å². The van der Waals surface area contributed by atoms with Crippen molar-refractivity contribution in [1.29, 1.82) is 0 Å². The predicted octanol–water partition coefficient (Wildman–Crippen LogP) is 2.00. The molecule has 0 saturated carbocycles. The molecule has 1 atom stereocenters. The van der Waals surface area contributed by atoms with Gasteiger partial charge in [0.15, 0.2) is 0 Å². The lowest BCUT2D eigenvalue weighted by molar-refractivity contribution is -0.385. The topological polar surface area (TPSA) is 69.8 Å². The van der Waals surface area contributed by atoms with Gasteiger partial charge in [-0.15, -0.1) is 0 Å². The van der Waals surface area contributed by atoms with Gasteiger partial charge in [0.05, 0.1) is 17.1 Å². The summed E-state index contributed by atoms with van der Waals surface area (Å²) in [7, 11) is 0. The largest absolute Gasteiger partial charge is 0.395 e. The molecule has 1 fully saturated rings. The van der Waals surface area contributed by atoms with Crippen molar-refractivity contribution in [3.05, 3.63) is 46.0 Å². The Morgan fingerprint density at radius 3 is 2.61 bits per heavy atom. The maximum absolute atomic E-state index is 11.0. The summed E-state index contributed by atoms with van der Waals surface area (Å²) >= 11 is 0. The fourth-order valence-electron chi connectivity index (χ4n) is 2.94. The molecule has 1 aliphatic rings. The van der Waals surface area contributed by atoms with Gasteiger partial charge >= 0.3 is 0 Å². The van der Waals surface area contributed by atoms with Crippen molar-refractivity contribution in [1.82, 2.24) is 9.80 Å². The van der Waals surface area contributed by atoms with Gasteiger partial charge in [-0.2, -0.15) is 0 Å². The summed E-state index contributed by atoms with van der Waals surface area (Å²) in [6.45, 7) is 6.93. The highest BCUT2D eigenvalue weighted by Gasteiger charge is 2.21. The summed E-state index contributed by atoms with van der Waals surface area (Å²) in [4.78, 5) is 15.3. The van der Waals surface area contributed by atoms with Crippen molar-refractivity contribution in [3.8, 4) is 0 Å². The third-order valence-corrected chi connectivity index (χ3v) is 4.40. The van der Waals surface area contributed by atoms with E-state index in [1.165, 1.54) is 6.07 Å². The number of aliphatic hydroxyl groups is 1. The highest BCUT2D eigenvalue weighted by molar-refractivity contribution is 5.60. The van der Waals surface area contributed by atoms with Crippen LogP contribution in [0.4, 0.5) is 5.69 Å². The van der Waals surface area contributed by atoms with Crippen molar-refractivity contribution in [2.45, 2.75) is 19.4 Å². The van der Waals surface area contributed by atoms with Crippen LogP contribution in [0.3, 0.4) is 0 Å². The molecule has 0 spiro atoms. The fourth-order valence-corrected chi connectivity index (χ4v) is 2.94. The molecule has 0 radical (unpaired) electrons. The molecule has 0 amide bonds. The van der Waals surface area contributed by atoms with Gasteiger partial charge in [-0.3, -0.25) is 19.9 Å². The van der Waals surface area contributed by atoms with Crippen molar-refractivity contribution in [3.63, 3.8) is 0 Å². The van der Waals surface area contributed by atoms with Crippen LogP contribution in [0.2, 0.25) is 0 Å². The van der Waals surface area contributed by atoms with Crippen LogP contribution in [0.1, 0.15) is 18.9 Å². The molecule has 1 aliphatic heterocycles. The normalized spacial score (nSPS) is 18.3. The first-order valence-electron chi connectivity index (χ1n) is 8.13. The first-order valence-corrected chi connectivity index (χ1v) is 8.13. The minimum absolute atomic E-state index is 0.141. The molecule has 2 rings (SSSR count).